The van der Waals surface area contributed by atoms with E-state index in [1.807, 2.05) is 0 Å². The van der Waals surface area contributed by atoms with Gasteiger partial charge in [-0.25, -0.2) is 0 Å². The molecular formula is C50H96O6. The molecule has 0 aliphatic rings. The minimum Gasteiger partial charge on any atom is -0.462 e. The van der Waals surface area contributed by atoms with Crippen molar-refractivity contribution in [2.45, 2.75) is 278 Å². The van der Waals surface area contributed by atoms with E-state index >= 15 is 0 Å². The zero-order chi connectivity index (χ0) is 41.2. The summed E-state index contributed by atoms with van der Waals surface area (Å²) in [6.45, 7) is 11.4. The second-order valence-electron chi connectivity index (χ2n) is 17.8. The highest BCUT2D eigenvalue weighted by atomic mass is 16.6. The first-order valence-electron chi connectivity index (χ1n) is 24.8. The monoisotopic (exact) mass is 793 g/mol. The van der Waals surface area contributed by atoms with Gasteiger partial charge in [-0.1, -0.05) is 234 Å². The lowest BCUT2D eigenvalue weighted by atomic mass is 9.99. The summed E-state index contributed by atoms with van der Waals surface area (Å²) in [7, 11) is 0. The molecule has 0 aromatic carbocycles. The van der Waals surface area contributed by atoms with E-state index in [0.29, 0.717) is 19.3 Å². The Morgan fingerprint density at radius 2 is 0.679 bits per heavy atom. The van der Waals surface area contributed by atoms with Crippen LogP contribution in [0.1, 0.15) is 272 Å². The van der Waals surface area contributed by atoms with E-state index in [1.165, 1.54) is 161 Å². The summed E-state index contributed by atoms with van der Waals surface area (Å²) in [4.78, 5) is 37.8. The lowest BCUT2D eigenvalue weighted by Gasteiger charge is -2.18. The smallest absolute Gasteiger partial charge is 0.306 e. The van der Waals surface area contributed by atoms with Crippen LogP contribution in [0.2, 0.25) is 0 Å². The molecule has 0 saturated heterocycles. The van der Waals surface area contributed by atoms with E-state index in [1.54, 1.807) is 0 Å². The largest absolute Gasteiger partial charge is 0.462 e. The summed E-state index contributed by atoms with van der Waals surface area (Å²) < 4.78 is 16.8. The first kappa shape index (κ1) is 54.4. The molecule has 56 heavy (non-hydrogen) atoms. The van der Waals surface area contributed by atoms with E-state index in [2.05, 4.69) is 34.6 Å². The summed E-state index contributed by atoms with van der Waals surface area (Å²) in [5, 5.41) is 0. The van der Waals surface area contributed by atoms with Crippen molar-refractivity contribution in [1.29, 1.82) is 0 Å². The van der Waals surface area contributed by atoms with Gasteiger partial charge in [0.25, 0.3) is 0 Å². The number of carbonyl (C=O) groups is 3. The van der Waals surface area contributed by atoms with Gasteiger partial charge in [0.1, 0.15) is 13.2 Å². The Kier molecular flexibility index (Phi) is 41.8. The van der Waals surface area contributed by atoms with Crippen molar-refractivity contribution < 1.29 is 28.6 Å². The van der Waals surface area contributed by atoms with Crippen LogP contribution in [0.15, 0.2) is 0 Å². The second kappa shape index (κ2) is 43.0. The van der Waals surface area contributed by atoms with Gasteiger partial charge in [0, 0.05) is 19.3 Å². The van der Waals surface area contributed by atoms with E-state index in [4.69, 9.17) is 14.2 Å². The van der Waals surface area contributed by atoms with Crippen LogP contribution in [0.5, 0.6) is 0 Å². The summed E-state index contributed by atoms with van der Waals surface area (Å²) in [6.07, 6.45) is 42.2. The van der Waals surface area contributed by atoms with Crippen LogP contribution in [0.25, 0.3) is 0 Å². The van der Waals surface area contributed by atoms with Crippen molar-refractivity contribution >= 4 is 17.9 Å². The van der Waals surface area contributed by atoms with Crippen molar-refractivity contribution in [3.8, 4) is 0 Å². The lowest BCUT2D eigenvalue weighted by molar-refractivity contribution is -0.167. The standard InChI is InChI=1S/C50H96O6/c1-6-8-9-10-11-12-13-22-27-32-37-42-50(53)56-47(43-54-48(51)40-35-30-25-20-16-14-18-23-28-33-38-45(3)4)44-55-49(52)41-36-31-26-21-17-15-19-24-29-34-39-46(5)7-2/h45-47H,6-44H2,1-5H3/t46?,47-/m0/s1. The molecule has 0 fully saturated rings. The fraction of sp³-hybridized carbons (Fsp3) is 0.940. The van der Waals surface area contributed by atoms with Gasteiger partial charge in [0.05, 0.1) is 0 Å². The SMILES string of the molecule is CCCCCCCCCCCCCC(=O)O[C@@H](COC(=O)CCCCCCCCCCCCC(C)C)COC(=O)CCCCCCCCCCCCC(C)CC. The fourth-order valence-corrected chi connectivity index (χ4v) is 7.43. The van der Waals surface area contributed by atoms with Gasteiger partial charge in [-0.05, 0) is 31.1 Å². The number of esters is 3. The summed E-state index contributed by atoms with van der Waals surface area (Å²) in [6, 6.07) is 0. The van der Waals surface area contributed by atoms with Crippen LogP contribution in [0.3, 0.4) is 0 Å². The Hall–Kier alpha value is -1.59. The molecule has 0 rings (SSSR count). The fourth-order valence-electron chi connectivity index (χ4n) is 7.43. The zero-order valence-corrected chi connectivity index (χ0v) is 38.3. The number of carbonyl (C=O) groups excluding carboxylic acids is 3. The van der Waals surface area contributed by atoms with Gasteiger partial charge in [0.15, 0.2) is 6.10 Å². The van der Waals surface area contributed by atoms with Crippen molar-refractivity contribution in [1.82, 2.24) is 0 Å². The second-order valence-corrected chi connectivity index (χ2v) is 17.8. The first-order chi connectivity index (χ1) is 27.3. The van der Waals surface area contributed by atoms with Crippen molar-refractivity contribution in [3.63, 3.8) is 0 Å². The zero-order valence-electron chi connectivity index (χ0n) is 38.3. The van der Waals surface area contributed by atoms with Gasteiger partial charge in [0.2, 0.25) is 0 Å². The van der Waals surface area contributed by atoms with E-state index in [-0.39, 0.29) is 31.1 Å². The van der Waals surface area contributed by atoms with Crippen molar-refractivity contribution in [2.75, 3.05) is 13.2 Å². The molecule has 0 aliphatic carbocycles. The van der Waals surface area contributed by atoms with Crippen molar-refractivity contribution in [3.05, 3.63) is 0 Å². The molecule has 0 radical (unpaired) electrons. The summed E-state index contributed by atoms with van der Waals surface area (Å²) in [5.41, 5.74) is 0. The minimum atomic E-state index is -0.761. The Morgan fingerprint density at radius 3 is 1.02 bits per heavy atom. The Morgan fingerprint density at radius 1 is 0.375 bits per heavy atom. The molecule has 2 atom stereocenters. The maximum absolute atomic E-state index is 12.7. The molecule has 0 spiro atoms. The maximum atomic E-state index is 12.7. The van der Waals surface area contributed by atoms with Gasteiger partial charge in [-0.2, -0.15) is 0 Å². The number of rotatable bonds is 44. The van der Waals surface area contributed by atoms with Gasteiger partial charge >= 0.3 is 17.9 Å². The molecule has 0 aromatic rings. The molecule has 0 heterocycles. The molecule has 0 amide bonds. The highest BCUT2D eigenvalue weighted by Crippen LogP contribution is 2.17. The molecular weight excluding hydrogens is 697 g/mol. The Bertz CT molecular complexity index is 856. The molecule has 0 N–H and O–H groups in total. The normalized spacial score (nSPS) is 12.5. The van der Waals surface area contributed by atoms with Crippen LogP contribution in [-0.2, 0) is 28.6 Å². The highest BCUT2D eigenvalue weighted by molar-refractivity contribution is 5.71. The van der Waals surface area contributed by atoms with E-state index in [0.717, 1.165) is 69.6 Å². The molecule has 0 aliphatic heterocycles. The number of ether oxygens (including phenoxy) is 3. The third-order valence-electron chi connectivity index (χ3n) is 11.6. The summed E-state index contributed by atoms with van der Waals surface area (Å²) in [5.74, 6) is 0.836. The van der Waals surface area contributed by atoms with Crippen LogP contribution < -0.4 is 0 Å². The molecule has 6 nitrogen and oxygen atoms in total. The Balaban J connectivity index is 4.32. The average Bonchev–Trinajstić information content (AvgIpc) is 3.18. The minimum absolute atomic E-state index is 0.0643. The third kappa shape index (κ3) is 42.0. The van der Waals surface area contributed by atoms with Gasteiger partial charge in [-0.3, -0.25) is 14.4 Å². The molecule has 332 valence electrons. The highest BCUT2D eigenvalue weighted by Gasteiger charge is 2.19. The van der Waals surface area contributed by atoms with Gasteiger partial charge < -0.3 is 14.2 Å². The van der Waals surface area contributed by atoms with Crippen LogP contribution in [0, 0.1) is 11.8 Å². The van der Waals surface area contributed by atoms with Gasteiger partial charge in [-0.15, -0.1) is 0 Å². The number of unbranched alkanes of at least 4 members (excludes halogenated alkanes) is 28. The summed E-state index contributed by atoms with van der Waals surface area (Å²) >= 11 is 0. The Labute approximate surface area is 348 Å². The van der Waals surface area contributed by atoms with E-state index < -0.39 is 6.10 Å². The molecule has 0 aromatic heterocycles. The predicted octanol–water partition coefficient (Wildman–Crippen LogP) is 15.8. The van der Waals surface area contributed by atoms with E-state index in [9.17, 15) is 14.4 Å². The molecule has 1 unspecified atom stereocenters. The quantitative estimate of drug-likeness (QED) is 0.0347. The number of hydrogen-bond donors (Lipinski definition) is 0. The third-order valence-corrected chi connectivity index (χ3v) is 11.6. The maximum Gasteiger partial charge on any atom is 0.306 e. The molecule has 6 heteroatoms. The molecule has 0 bridgehead atoms. The van der Waals surface area contributed by atoms with Crippen molar-refractivity contribution in [2.24, 2.45) is 11.8 Å². The first-order valence-corrected chi connectivity index (χ1v) is 24.8. The van der Waals surface area contributed by atoms with Crippen LogP contribution in [-0.4, -0.2) is 37.2 Å². The molecule has 0 saturated carbocycles. The number of hydrogen-bond acceptors (Lipinski definition) is 6. The predicted molar refractivity (Wildman–Crippen MR) is 238 cm³/mol. The average molecular weight is 793 g/mol. The lowest BCUT2D eigenvalue weighted by Crippen LogP contribution is -2.30. The topological polar surface area (TPSA) is 78.9 Å². The van der Waals surface area contributed by atoms with Crippen LogP contribution in [0.4, 0.5) is 0 Å². The van der Waals surface area contributed by atoms with Crippen LogP contribution >= 0.6 is 0 Å².